The minimum atomic E-state index is -3.69. The molecule has 0 aliphatic heterocycles. The first-order chi connectivity index (χ1) is 13.5. The number of fused-ring (bicyclic) bond motifs is 1. The lowest BCUT2D eigenvalue weighted by molar-refractivity contribution is 0.0467. The van der Waals surface area contributed by atoms with Gasteiger partial charge in [0.05, 0.1) is 16.2 Å². The first kappa shape index (κ1) is 20.7. The fourth-order valence-electron chi connectivity index (χ4n) is 2.63. The van der Waals surface area contributed by atoms with Crippen molar-refractivity contribution in [2.75, 3.05) is 0 Å². The molecule has 0 saturated heterocycles. The SMILES string of the molecule is CC(C)(C)NS(=O)(=O)c1ccc(C(=O)OCc2cc(=O)n3ccccc3n2)cc1. The van der Waals surface area contributed by atoms with Crippen molar-refractivity contribution < 1.29 is 17.9 Å². The van der Waals surface area contributed by atoms with Crippen molar-refractivity contribution in [3.05, 3.63) is 76.3 Å². The average Bonchev–Trinajstić information content (AvgIpc) is 2.64. The van der Waals surface area contributed by atoms with Gasteiger partial charge in [0.2, 0.25) is 10.0 Å². The van der Waals surface area contributed by atoms with Crippen LogP contribution in [0.4, 0.5) is 0 Å². The number of carbonyl (C=O) groups excluding carboxylic acids is 1. The molecule has 2 heterocycles. The fraction of sp³-hybridized carbons (Fsp3) is 0.250. The third-order valence-electron chi connectivity index (χ3n) is 3.82. The monoisotopic (exact) mass is 415 g/mol. The number of esters is 1. The van der Waals surface area contributed by atoms with Crippen LogP contribution in [-0.2, 0) is 21.4 Å². The maximum absolute atomic E-state index is 12.3. The number of hydrogen-bond donors (Lipinski definition) is 1. The molecule has 29 heavy (non-hydrogen) atoms. The second kappa shape index (κ2) is 7.76. The van der Waals surface area contributed by atoms with Crippen molar-refractivity contribution in [1.82, 2.24) is 14.1 Å². The molecule has 0 radical (unpaired) electrons. The van der Waals surface area contributed by atoms with Crippen LogP contribution in [0, 0.1) is 0 Å². The minimum Gasteiger partial charge on any atom is -0.456 e. The standard InChI is InChI=1S/C20H21N3O5S/c1-20(2,3)22-29(26,27)16-9-7-14(8-10-16)19(25)28-13-15-12-18(24)23-11-5-4-6-17(23)21-15/h4-12,22H,13H2,1-3H3. The zero-order valence-corrected chi connectivity index (χ0v) is 17.1. The van der Waals surface area contributed by atoms with Gasteiger partial charge < -0.3 is 4.74 Å². The summed E-state index contributed by atoms with van der Waals surface area (Å²) in [5.41, 5.74) is 0.0667. The molecule has 0 amide bonds. The first-order valence-corrected chi connectivity index (χ1v) is 10.3. The molecule has 1 aromatic carbocycles. The van der Waals surface area contributed by atoms with Gasteiger partial charge >= 0.3 is 5.97 Å². The summed E-state index contributed by atoms with van der Waals surface area (Å²) < 4.78 is 33.8. The number of ether oxygens (including phenoxy) is 1. The summed E-state index contributed by atoms with van der Waals surface area (Å²) in [6.07, 6.45) is 1.60. The highest BCUT2D eigenvalue weighted by atomic mass is 32.2. The van der Waals surface area contributed by atoms with Gasteiger partial charge in [-0.15, -0.1) is 0 Å². The summed E-state index contributed by atoms with van der Waals surface area (Å²) in [6.45, 7) is 5.04. The molecule has 0 bridgehead atoms. The average molecular weight is 415 g/mol. The van der Waals surface area contributed by atoms with E-state index in [1.165, 1.54) is 34.7 Å². The molecule has 8 nitrogen and oxygen atoms in total. The van der Waals surface area contributed by atoms with Gasteiger partial charge in [0.15, 0.2) is 0 Å². The lowest BCUT2D eigenvalue weighted by atomic mass is 10.1. The molecule has 9 heteroatoms. The molecule has 0 saturated carbocycles. The van der Waals surface area contributed by atoms with E-state index in [0.29, 0.717) is 11.3 Å². The predicted molar refractivity (Wildman–Crippen MR) is 107 cm³/mol. The maximum atomic E-state index is 12.3. The van der Waals surface area contributed by atoms with E-state index >= 15 is 0 Å². The summed E-state index contributed by atoms with van der Waals surface area (Å²) in [5.74, 6) is -0.646. The van der Waals surface area contributed by atoms with E-state index in [9.17, 15) is 18.0 Å². The molecule has 3 aromatic rings. The number of rotatable bonds is 5. The van der Waals surface area contributed by atoms with Crippen LogP contribution in [0.1, 0.15) is 36.8 Å². The first-order valence-electron chi connectivity index (χ1n) is 8.84. The Kier molecular flexibility index (Phi) is 5.54. The number of benzene rings is 1. The van der Waals surface area contributed by atoms with E-state index in [4.69, 9.17) is 4.74 Å². The summed E-state index contributed by atoms with van der Waals surface area (Å²) in [7, 11) is -3.69. The van der Waals surface area contributed by atoms with Crippen LogP contribution in [0.15, 0.2) is 64.4 Å². The zero-order valence-electron chi connectivity index (χ0n) is 16.2. The summed E-state index contributed by atoms with van der Waals surface area (Å²) >= 11 is 0. The number of nitrogens with one attached hydrogen (secondary N) is 1. The quantitative estimate of drug-likeness (QED) is 0.640. The Morgan fingerprint density at radius 1 is 1.14 bits per heavy atom. The van der Waals surface area contributed by atoms with Crippen molar-refractivity contribution in [1.29, 1.82) is 0 Å². The van der Waals surface area contributed by atoms with Gasteiger partial charge in [-0.05, 0) is 57.2 Å². The zero-order chi connectivity index (χ0) is 21.2. The largest absolute Gasteiger partial charge is 0.456 e. The Morgan fingerprint density at radius 2 is 1.83 bits per heavy atom. The normalized spacial score (nSPS) is 12.1. The van der Waals surface area contributed by atoms with E-state index in [-0.39, 0.29) is 22.6 Å². The Balaban J connectivity index is 1.71. The lowest BCUT2D eigenvalue weighted by Gasteiger charge is -2.20. The molecular formula is C20H21N3O5S. The van der Waals surface area contributed by atoms with Crippen LogP contribution in [0.5, 0.6) is 0 Å². The maximum Gasteiger partial charge on any atom is 0.338 e. The van der Waals surface area contributed by atoms with E-state index in [2.05, 4.69) is 9.71 Å². The predicted octanol–water partition coefficient (Wildman–Crippen LogP) is 2.13. The highest BCUT2D eigenvalue weighted by Crippen LogP contribution is 2.15. The van der Waals surface area contributed by atoms with E-state index < -0.39 is 21.5 Å². The Morgan fingerprint density at radius 3 is 2.48 bits per heavy atom. The second-order valence-corrected chi connectivity index (χ2v) is 9.15. The molecule has 0 spiro atoms. The van der Waals surface area contributed by atoms with E-state index in [1.54, 1.807) is 45.2 Å². The number of pyridine rings is 1. The van der Waals surface area contributed by atoms with Crippen LogP contribution >= 0.6 is 0 Å². The Labute approximate surface area is 168 Å². The van der Waals surface area contributed by atoms with Gasteiger partial charge in [-0.3, -0.25) is 9.20 Å². The molecule has 0 unspecified atom stereocenters. The number of sulfonamides is 1. The van der Waals surface area contributed by atoms with Crippen LogP contribution < -0.4 is 10.3 Å². The van der Waals surface area contributed by atoms with Crippen molar-refractivity contribution in [3.63, 3.8) is 0 Å². The molecule has 152 valence electrons. The Hall–Kier alpha value is -3.04. The van der Waals surface area contributed by atoms with Gasteiger partial charge in [-0.25, -0.2) is 22.9 Å². The highest BCUT2D eigenvalue weighted by Gasteiger charge is 2.22. The van der Waals surface area contributed by atoms with Crippen molar-refractivity contribution >= 4 is 21.6 Å². The van der Waals surface area contributed by atoms with Gasteiger partial charge in [0.25, 0.3) is 5.56 Å². The molecule has 0 aliphatic carbocycles. The third kappa shape index (κ3) is 5.07. The number of hydrogen-bond acceptors (Lipinski definition) is 6. The molecule has 2 aromatic heterocycles. The van der Waals surface area contributed by atoms with Crippen molar-refractivity contribution in [2.45, 2.75) is 37.8 Å². The van der Waals surface area contributed by atoms with Crippen LogP contribution in [-0.4, -0.2) is 29.3 Å². The van der Waals surface area contributed by atoms with Crippen LogP contribution in [0.25, 0.3) is 5.65 Å². The van der Waals surface area contributed by atoms with E-state index in [1.807, 2.05) is 0 Å². The van der Waals surface area contributed by atoms with Crippen LogP contribution in [0.2, 0.25) is 0 Å². The number of aromatic nitrogens is 2. The summed E-state index contributed by atoms with van der Waals surface area (Å²) in [6, 6.07) is 11.9. The Bertz CT molecular complexity index is 1210. The summed E-state index contributed by atoms with van der Waals surface area (Å²) in [4.78, 5) is 28.7. The molecule has 0 fully saturated rings. The number of nitrogens with zero attached hydrogens (tertiary/aromatic N) is 2. The van der Waals surface area contributed by atoms with Gasteiger partial charge in [0, 0.05) is 17.8 Å². The lowest BCUT2D eigenvalue weighted by Crippen LogP contribution is -2.40. The molecule has 0 aliphatic rings. The molecule has 0 atom stereocenters. The van der Waals surface area contributed by atoms with Crippen LogP contribution in [0.3, 0.4) is 0 Å². The molecular weight excluding hydrogens is 394 g/mol. The smallest absolute Gasteiger partial charge is 0.338 e. The summed E-state index contributed by atoms with van der Waals surface area (Å²) in [5, 5.41) is 0. The second-order valence-electron chi connectivity index (χ2n) is 7.47. The van der Waals surface area contributed by atoms with Gasteiger partial charge in [-0.2, -0.15) is 0 Å². The fourth-order valence-corrected chi connectivity index (χ4v) is 4.05. The van der Waals surface area contributed by atoms with Crippen molar-refractivity contribution in [3.8, 4) is 0 Å². The van der Waals surface area contributed by atoms with Gasteiger partial charge in [-0.1, -0.05) is 6.07 Å². The highest BCUT2D eigenvalue weighted by molar-refractivity contribution is 7.89. The topological polar surface area (TPSA) is 107 Å². The molecule has 3 rings (SSSR count). The van der Waals surface area contributed by atoms with Gasteiger partial charge in [0.1, 0.15) is 12.3 Å². The molecule has 1 N–H and O–H groups in total. The minimum absolute atomic E-state index is 0.0493. The third-order valence-corrected chi connectivity index (χ3v) is 5.59. The van der Waals surface area contributed by atoms with Crippen molar-refractivity contribution in [2.24, 2.45) is 0 Å². The van der Waals surface area contributed by atoms with E-state index in [0.717, 1.165) is 0 Å². The number of carbonyl (C=O) groups is 1.